The van der Waals surface area contributed by atoms with Crippen molar-refractivity contribution in [2.24, 2.45) is 13.0 Å². The highest BCUT2D eigenvalue weighted by Gasteiger charge is 2.24. The van der Waals surface area contributed by atoms with E-state index in [1.165, 1.54) is 12.4 Å². The number of aromatic amines is 1. The molecule has 0 aromatic carbocycles. The van der Waals surface area contributed by atoms with Crippen molar-refractivity contribution < 1.29 is 9.53 Å². The zero-order valence-electron chi connectivity index (χ0n) is 15.5. The Morgan fingerprint density at radius 1 is 1.42 bits per heavy atom. The van der Waals surface area contributed by atoms with Crippen molar-refractivity contribution in [3.63, 3.8) is 0 Å². The lowest BCUT2D eigenvalue weighted by Crippen LogP contribution is -2.37. The first-order valence-corrected chi connectivity index (χ1v) is 8.82. The van der Waals surface area contributed by atoms with Gasteiger partial charge in [-0.15, -0.1) is 0 Å². The normalized spacial score (nSPS) is 18.0. The molecule has 1 saturated heterocycles. The summed E-state index contributed by atoms with van der Waals surface area (Å²) in [5.41, 5.74) is 3.46. The molecule has 26 heavy (non-hydrogen) atoms. The Labute approximate surface area is 152 Å². The van der Waals surface area contributed by atoms with Crippen LogP contribution >= 0.6 is 0 Å². The number of hydrogen-bond donors (Lipinski definition) is 1. The molecular formula is C18H25N5O3. The fraction of sp³-hybridized carbons (Fsp3) is 0.556. The van der Waals surface area contributed by atoms with E-state index in [-0.39, 0.29) is 17.4 Å². The molecular weight excluding hydrogens is 334 g/mol. The minimum absolute atomic E-state index is 0.0820. The number of carbonyl (C=O) groups excluding carboxylic acids is 1. The van der Waals surface area contributed by atoms with E-state index in [9.17, 15) is 9.59 Å². The molecule has 1 fully saturated rings. The van der Waals surface area contributed by atoms with Gasteiger partial charge in [0, 0.05) is 49.1 Å². The lowest BCUT2D eigenvalue weighted by Gasteiger charge is -2.23. The van der Waals surface area contributed by atoms with Gasteiger partial charge in [0.15, 0.2) is 0 Å². The number of aryl methyl sites for hydroxylation is 2. The number of H-pyrrole nitrogens is 1. The minimum Gasteiger partial charge on any atom is -0.379 e. The highest BCUT2D eigenvalue weighted by Crippen LogP contribution is 2.17. The van der Waals surface area contributed by atoms with Crippen LogP contribution in [0, 0.1) is 19.8 Å². The Morgan fingerprint density at radius 3 is 2.92 bits per heavy atom. The SMILES string of the molecule is Cc1nn(C)c(C)c1CC(=O)N1CCOCC(Cc2cc(=O)[nH]cn2)C1. The number of nitrogens with zero attached hydrogens (tertiary/aromatic N) is 4. The molecule has 3 rings (SSSR count). The molecule has 0 bridgehead atoms. The van der Waals surface area contributed by atoms with E-state index in [2.05, 4.69) is 15.1 Å². The summed E-state index contributed by atoms with van der Waals surface area (Å²) in [4.78, 5) is 32.9. The van der Waals surface area contributed by atoms with E-state index in [4.69, 9.17) is 4.74 Å². The van der Waals surface area contributed by atoms with Gasteiger partial charge >= 0.3 is 0 Å². The van der Waals surface area contributed by atoms with E-state index < -0.39 is 0 Å². The van der Waals surface area contributed by atoms with Crippen LogP contribution in [0.1, 0.15) is 22.6 Å². The second-order valence-corrected chi connectivity index (χ2v) is 6.84. The Bertz CT molecular complexity index is 842. The highest BCUT2D eigenvalue weighted by molar-refractivity contribution is 5.79. The number of carbonyl (C=O) groups is 1. The maximum atomic E-state index is 12.8. The van der Waals surface area contributed by atoms with E-state index in [0.717, 1.165) is 22.6 Å². The number of hydrogen-bond acceptors (Lipinski definition) is 5. The molecule has 8 nitrogen and oxygen atoms in total. The molecule has 1 amide bonds. The van der Waals surface area contributed by atoms with Crippen molar-refractivity contribution in [1.29, 1.82) is 0 Å². The number of aromatic nitrogens is 4. The number of ether oxygens (including phenoxy) is 1. The van der Waals surface area contributed by atoms with Crippen LogP contribution in [0.4, 0.5) is 0 Å². The highest BCUT2D eigenvalue weighted by atomic mass is 16.5. The molecule has 140 valence electrons. The van der Waals surface area contributed by atoms with Crippen LogP contribution in [0.5, 0.6) is 0 Å². The third-order valence-corrected chi connectivity index (χ3v) is 4.91. The molecule has 2 aromatic rings. The molecule has 3 heterocycles. The number of nitrogens with one attached hydrogen (secondary N) is 1. The average molecular weight is 359 g/mol. The van der Waals surface area contributed by atoms with Crippen LogP contribution < -0.4 is 5.56 Å². The van der Waals surface area contributed by atoms with Gasteiger partial charge in [0.1, 0.15) is 0 Å². The zero-order valence-corrected chi connectivity index (χ0v) is 15.5. The van der Waals surface area contributed by atoms with Gasteiger partial charge in [0.2, 0.25) is 5.91 Å². The van der Waals surface area contributed by atoms with Crippen molar-refractivity contribution >= 4 is 5.91 Å². The minimum atomic E-state index is -0.167. The lowest BCUT2D eigenvalue weighted by molar-refractivity contribution is -0.130. The second-order valence-electron chi connectivity index (χ2n) is 6.84. The van der Waals surface area contributed by atoms with Gasteiger partial charge in [-0.05, 0) is 20.3 Å². The standard InChI is InChI=1S/C18H25N5O3/c1-12-16(13(2)22(3)21-12)8-18(25)23-4-5-26-10-14(9-23)6-15-7-17(24)20-11-19-15/h7,11,14H,4-6,8-10H2,1-3H3,(H,19,20,24). The molecule has 8 heteroatoms. The first-order valence-electron chi connectivity index (χ1n) is 8.82. The largest absolute Gasteiger partial charge is 0.379 e. The molecule has 1 N–H and O–H groups in total. The maximum Gasteiger partial charge on any atom is 0.250 e. The lowest BCUT2D eigenvalue weighted by atomic mass is 10.0. The van der Waals surface area contributed by atoms with Crippen LogP contribution in [-0.2, 0) is 29.4 Å². The summed E-state index contributed by atoms with van der Waals surface area (Å²) in [6.07, 6.45) is 2.37. The second kappa shape index (κ2) is 7.82. The smallest absolute Gasteiger partial charge is 0.250 e. The van der Waals surface area contributed by atoms with Crippen LogP contribution in [0.3, 0.4) is 0 Å². The van der Waals surface area contributed by atoms with Gasteiger partial charge < -0.3 is 14.6 Å². The summed E-state index contributed by atoms with van der Waals surface area (Å²) in [7, 11) is 1.89. The Hall–Kier alpha value is -2.48. The topological polar surface area (TPSA) is 93.1 Å². The monoisotopic (exact) mass is 359 g/mol. The number of rotatable bonds is 4. The van der Waals surface area contributed by atoms with Gasteiger partial charge in [-0.2, -0.15) is 5.10 Å². The van der Waals surface area contributed by atoms with E-state index in [1.54, 1.807) is 0 Å². The molecule has 1 unspecified atom stereocenters. The summed E-state index contributed by atoms with van der Waals surface area (Å²) in [6.45, 7) is 6.18. The van der Waals surface area contributed by atoms with E-state index in [0.29, 0.717) is 39.1 Å². The molecule has 0 aliphatic carbocycles. The molecule has 1 aliphatic heterocycles. The summed E-state index contributed by atoms with van der Waals surface area (Å²) in [5, 5.41) is 4.39. The maximum absolute atomic E-state index is 12.8. The molecule has 2 aromatic heterocycles. The Balaban J connectivity index is 1.68. The van der Waals surface area contributed by atoms with Gasteiger partial charge in [-0.25, -0.2) is 4.98 Å². The van der Waals surface area contributed by atoms with Gasteiger partial charge in [0.05, 0.1) is 31.7 Å². The summed E-state index contributed by atoms with van der Waals surface area (Å²) < 4.78 is 7.48. The predicted molar refractivity (Wildman–Crippen MR) is 95.8 cm³/mol. The van der Waals surface area contributed by atoms with Gasteiger partial charge in [0.25, 0.3) is 5.56 Å². The first kappa shape index (κ1) is 18.3. The molecule has 1 aliphatic rings. The number of amides is 1. The Morgan fingerprint density at radius 2 is 2.23 bits per heavy atom. The van der Waals surface area contributed by atoms with E-state index >= 15 is 0 Å². The van der Waals surface area contributed by atoms with Crippen molar-refractivity contribution in [2.45, 2.75) is 26.7 Å². The Kier molecular flexibility index (Phi) is 5.51. The summed E-state index contributed by atoms with van der Waals surface area (Å²) >= 11 is 0. The third-order valence-electron chi connectivity index (χ3n) is 4.91. The fourth-order valence-electron chi connectivity index (χ4n) is 3.38. The van der Waals surface area contributed by atoms with Gasteiger partial charge in [-0.1, -0.05) is 0 Å². The quantitative estimate of drug-likeness (QED) is 0.852. The van der Waals surface area contributed by atoms with Crippen molar-refractivity contribution in [3.05, 3.63) is 45.4 Å². The fourth-order valence-corrected chi connectivity index (χ4v) is 3.38. The van der Waals surface area contributed by atoms with Crippen LogP contribution in [0.15, 0.2) is 17.2 Å². The van der Waals surface area contributed by atoms with Crippen LogP contribution in [0.25, 0.3) is 0 Å². The van der Waals surface area contributed by atoms with Crippen molar-refractivity contribution in [3.8, 4) is 0 Å². The van der Waals surface area contributed by atoms with Crippen molar-refractivity contribution in [2.75, 3.05) is 26.3 Å². The molecule has 0 radical (unpaired) electrons. The molecule has 1 atom stereocenters. The molecule has 0 spiro atoms. The first-order chi connectivity index (χ1) is 12.4. The van der Waals surface area contributed by atoms with E-state index in [1.807, 2.05) is 30.5 Å². The third kappa shape index (κ3) is 4.19. The summed E-state index contributed by atoms with van der Waals surface area (Å²) in [6, 6.07) is 1.50. The zero-order chi connectivity index (χ0) is 18.7. The van der Waals surface area contributed by atoms with Crippen LogP contribution in [-0.4, -0.2) is 56.9 Å². The predicted octanol–water partition coefficient (Wildman–Crippen LogP) is 0.380. The molecule has 0 saturated carbocycles. The summed E-state index contributed by atoms with van der Waals surface area (Å²) in [5.74, 6) is 0.199. The van der Waals surface area contributed by atoms with Crippen molar-refractivity contribution in [1.82, 2.24) is 24.6 Å². The average Bonchev–Trinajstić information content (AvgIpc) is 2.78. The van der Waals surface area contributed by atoms with Gasteiger partial charge in [-0.3, -0.25) is 14.3 Å². The van der Waals surface area contributed by atoms with Crippen LogP contribution in [0.2, 0.25) is 0 Å².